The van der Waals surface area contributed by atoms with Gasteiger partial charge >= 0.3 is 0 Å². The predicted molar refractivity (Wildman–Crippen MR) is 116 cm³/mol. The summed E-state index contributed by atoms with van der Waals surface area (Å²) in [5, 5.41) is 10.4. The van der Waals surface area contributed by atoms with E-state index in [4.69, 9.17) is 4.74 Å². The van der Waals surface area contributed by atoms with E-state index < -0.39 is 0 Å². The van der Waals surface area contributed by atoms with Crippen molar-refractivity contribution >= 4 is 0 Å². The van der Waals surface area contributed by atoms with Crippen molar-refractivity contribution in [2.45, 2.75) is 118 Å². The van der Waals surface area contributed by atoms with Crippen molar-refractivity contribution in [2.24, 2.45) is 34.5 Å². The molecule has 0 aromatic heterocycles. The highest BCUT2D eigenvalue weighted by atomic mass is 16.5. The van der Waals surface area contributed by atoms with Crippen LogP contribution in [0.2, 0.25) is 0 Å². The molecule has 3 aliphatic rings. The zero-order valence-corrected chi connectivity index (χ0v) is 19.6. The quantitative estimate of drug-likeness (QED) is 0.580. The highest BCUT2D eigenvalue weighted by Crippen LogP contribution is 2.64. The minimum atomic E-state index is -0.0995. The van der Waals surface area contributed by atoms with Gasteiger partial charge in [0.15, 0.2) is 0 Å². The maximum atomic E-state index is 10.4. The Morgan fingerprint density at radius 1 is 1.04 bits per heavy atom. The van der Waals surface area contributed by atoms with E-state index in [1.807, 2.05) is 13.8 Å². The molecule has 160 valence electrons. The van der Waals surface area contributed by atoms with E-state index in [1.54, 1.807) is 0 Å². The molecule has 0 aliphatic heterocycles. The molecule has 3 aliphatic carbocycles. The van der Waals surface area contributed by atoms with Gasteiger partial charge < -0.3 is 9.84 Å². The average Bonchev–Trinajstić information content (AvgIpc) is 2.62. The van der Waals surface area contributed by atoms with Gasteiger partial charge in [0.05, 0.1) is 11.7 Å². The molecule has 1 N–H and O–H groups in total. The first-order chi connectivity index (χ1) is 12.6. The zero-order valence-electron chi connectivity index (χ0n) is 19.6. The van der Waals surface area contributed by atoms with Crippen molar-refractivity contribution in [1.82, 2.24) is 0 Å². The fraction of sp³-hybridized carbons (Fsp3) is 1.00. The number of hydrogen-bond donors (Lipinski definition) is 1. The molecule has 2 nitrogen and oxygen atoms in total. The number of fused-ring (bicyclic) bond motifs is 3. The second kappa shape index (κ2) is 8.74. The summed E-state index contributed by atoms with van der Waals surface area (Å²) in [4.78, 5) is 0. The lowest BCUT2D eigenvalue weighted by Gasteiger charge is -2.63. The largest absolute Gasteiger partial charge is 0.396 e. The topological polar surface area (TPSA) is 29.5 Å². The summed E-state index contributed by atoms with van der Waals surface area (Å²) in [7, 11) is 0. The molecule has 0 aromatic carbocycles. The van der Waals surface area contributed by atoms with Gasteiger partial charge in [-0.15, -0.1) is 0 Å². The summed E-state index contributed by atoms with van der Waals surface area (Å²) < 4.78 is 6.70. The lowest BCUT2D eigenvalue weighted by molar-refractivity contribution is -0.211. The first kappa shape index (κ1) is 23.2. The van der Waals surface area contributed by atoms with Crippen molar-refractivity contribution < 1.29 is 9.84 Å². The second-order valence-electron chi connectivity index (χ2n) is 11.0. The van der Waals surface area contributed by atoms with Gasteiger partial charge in [-0.25, -0.2) is 0 Å². The molecule has 0 heterocycles. The Hall–Kier alpha value is -0.0800. The molecule has 0 saturated heterocycles. The van der Waals surface area contributed by atoms with Crippen LogP contribution >= 0.6 is 0 Å². The fourth-order valence-corrected chi connectivity index (χ4v) is 7.00. The third-order valence-electron chi connectivity index (χ3n) is 8.60. The van der Waals surface area contributed by atoms with E-state index >= 15 is 0 Å². The van der Waals surface area contributed by atoms with Crippen molar-refractivity contribution in [2.75, 3.05) is 6.61 Å². The van der Waals surface area contributed by atoms with Crippen LogP contribution in [-0.2, 0) is 4.74 Å². The third-order valence-corrected chi connectivity index (χ3v) is 8.60. The summed E-state index contributed by atoms with van der Waals surface area (Å²) in [6.45, 7) is 18.3. The Bertz CT molecular complexity index is 467. The van der Waals surface area contributed by atoms with E-state index in [1.165, 1.54) is 51.4 Å². The van der Waals surface area contributed by atoms with Gasteiger partial charge in [0, 0.05) is 6.61 Å². The average molecular weight is 381 g/mol. The van der Waals surface area contributed by atoms with Gasteiger partial charge in [0.25, 0.3) is 0 Å². The molecule has 0 aromatic rings. The molecular weight excluding hydrogens is 332 g/mol. The van der Waals surface area contributed by atoms with Crippen LogP contribution in [0, 0.1) is 34.5 Å². The second-order valence-corrected chi connectivity index (χ2v) is 11.0. The molecule has 3 rings (SSSR count). The number of hydrogen-bond acceptors (Lipinski definition) is 2. The standard InChI is InChI=1S/C23H42O2.C2H6/c1-7-22(5)13-11-17-20(18(22)15-24)19(25-21(2,3)4)14-16-10-8-9-12-23(16,17)6;1-2/h16-20,24H,7-15H2,1-6H3;1-2H3/t16?,17?,18?,19-,20?,22-,23-;/m0./s1. The van der Waals surface area contributed by atoms with Gasteiger partial charge in [-0.05, 0) is 87.4 Å². The van der Waals surface area contributed by atoms with Gasteiger partial charge in [0.2, 0.25) is 0 Å². The predicted octanol–water partition coefficient (Wildman–Crippen LogP) is 6.85. The Labute approximate surface area is 169 Å². The summed E-state index contributed by atoms with van der Waals surface area (Å²) in [6.07, 6.45) is 10.9. The lowest BCUT2D eigenvalue weighted by Crippen LogP contribution is -2.59. The Morgan fingerprint density at radius 2 is 1.70 bits per heavy atom. The van der Waals surface area contributed by atoms with Gasteiger partial charge in [-0.2, -0.15) is 0 Å². The molecule has 7 atom stereocenters. The number of aliphatic hydroxyl groups is 1. The molecule has 0 amide bonds. The van der Waals surface area contributed by atoms with Crippen LogP contribution in [-0.4, -0.2) is 23.4 Å². The molecule has 3 fully saturated rings. The van der Waals surface area contributed by atoms with Gasteiger partial charge in [-0.1, -0.05) is 53.9 Å². The van der Waals surface area contributed by atoms with E-state index in [-0.39, 0.29) is 11.0 Å². The first-order valence-electron chi connectivity index (χ1n) is 11.9. The normalized spacial score (nSPS) is 44.6. The molecule has 27 heavy (non-hydrogen) atoms. The Balaban J connectivity index is 0.00000126. The fourth-order valence-electron chi connectivity index (χ4n) is 7.00. The SMILES string of the molecule is CC.CC[C@@]1(C)CCC2C(C1CO)[C@@H](OC(C)(C)C)CC1CCCC[C@@]12C. The van der Waals surface area contributed by atoms with Crippen LogP contribution in [0.15, 0.2) is 0 Å². The molecule has 0 bridgehead atoms. The molecule has 4 unspecified atom stereocenters. The maximum Gasteiger partial charge on any atom is 0.0619 e. The number of rotatable bonds is 3. The van der Waals surface area contributed by atoms with Gasteiger partial charge in [-0.3, -0.25) is 0 Å². The third kappa shape index (κ3) is 4.42. The van der Waals surface area contributed by atoms with Crippen LogP contribution in [0.5, 0.6) is 0 Å². The highest BCUT2D eigenvalue weighted by Gasteiger charge is 2.59. The highest BCUT2D eigenvalue weighted by molar-refractivity contribution is 5.08. The monoisotopic (exact) mass is 380 g/mol. The minimum Gasteiger partial charge on any atom is -0.396 e. The maximum absolute atomic E-state index is 10.4. The smallest absolute Gasteiger partial charge is 0.0619 e. The van der Waals surface area contributed by atoms with E-state index in [0.717, 1.165) is 11.8 Å². The molecule has 0 spiro atoms. The van der Waals surface area contributed by atoms with Crippen LogP contribution in [0.4, 0.5) is 0 Å². The van der Waals surface area contributed by atoms with Crippen molar-refractivity contribution in [3.8, 4) is 0 Å². The number of ether oxygens (including phenoxy) is 1. The molecule has 0 radical (unpaired) electrons. The zero-order chi connectivity index (χ0) is 20.5. The van der Waals surface area contributed by atoms with Crippen LogP contribution < -0.4 is 0 Å². The number of aliphatic hydroxyl groups excluding tert-OH is 1. The first-order valence-corrected chi connectivity index (χ1v) is 11.9. The van der Waals surface area contributed by atoms with Crippen molar-refractivity contribution in [3.05, 3.63) is 0 Å². The van der Waals surface area contributed by atoms with Crippen LogP contribution in [0.3, 0.4) is 0 Å². The molecular formula is C25H48O2. The van der Waals surface area contributed by atoms with Crippen LogP contribution in [0.25, 0.3) is 0 Å². The summed E-state index contributed by atoms with van der Waals surface area (Å²) in [5.41, 5.74) is 0.647. The van der Waals surface area contributed by atoms with Crippen molar-refractivity contribution in [1.29, 1.82) is 0 Å². The van der Waals surface area contributed by atoms with E-state index in [0.29, 0.717) is 30.0 Å². The summed E-state index contributed by atoms with van der Waals surface area (Å²) >= 11 is 0. The molecule has 3 saturated carbocycles. The minimum absolute atomic E-state index is 0.0995. The summed E-state index contributed by atoms with van der Waals surface area (Å²) in [6, 6.07) is 0. The lowest BCUT2D eigenvalue weighted by atomic mass is 9.44. The molecule has 2 heteroatoms. The summed E-state index contributed by atoms with van der Waals surface area (Å²) in [5.74, 6) is 2.47. The van der Waals surface area contributed by atoms with Crippen LogP contribution in [0.1, 0.15) is 107 Å². The Kier molecular flexibility index (Phi) is 7.51. The van der Waals surface area contributed by atoms with E-state index in [9.17, 15) is 5.11 Å². The van der Waals surface area contributed by atoms with Gasteiger partial charge in [0.1, 0.15) is 0 Å². The van der Waals surface area contributed by atoms with Crippen molar-refractivity contribution in [3.63, 3.8) is 0 Å². The Morgan fingerprint density at radius 3 is 2.26 bits per heavy atom. The van der Waals surface area contributed by atoms with E-state index in [2.05, 4.69) is 41.5 Å².